The Balaban J connectivity index is 2.55. The van der Waals surface area contributed by atoms with E-state index in [1.807, 2.05) is 0 Å². The van der Waals surface area contributed by atoms with Crippen LogP contribution in [-0.4, -0.2) is 54.0 Å². The summed E-state index contributed by atoms with van der Waals surface area (Å²) in [7, 11) is -0.649. The summed E-state index contributed by atoms with van der Waals surface area (Å²) in [6.07, 6.45) is 0.931. The number of nitrogens with one attached hydrogen (secondary N) is 1. The average Bonchev–Trinajstić information content (AvgIpc) is 2.85. The lowest BCUT2D eigenvalue weighted by Gasteiger charge is -2.18. The van der Waals surface area contributed by atoms with Crippen molar-refractivity contribution in [2.75, 3.05) is 26.0 Å². The summed E-state index contributed by atoms with van der Waals surface area (Å²) in [5.41, 5.74) is 0. The van der Waals surface area contributed by atoms with Crippen LogP contribution < -0.4 is 5.32 Å². The number of likely N-dealkylation sites (N-methyl/N-ethyl adjacent to an activating group) is 1. The van der Waals surface area contributed by atoms with E-state index < -0.39 is 16.1 Å². The molecule has 0 saturated carbocycles. The molecule has 0 fully saturated rings. The number of rotatable bonds is 5. The van der Waals surface area contributed by atoms with Gasteiger partial charge in [-0.2, -0.15) is 4.31 Å². The third-order valence-electron chi connectivity index (χ3n) is 2.63. The monoisotopic (exact) mass is 304 g/mol. The molecule has 1 unspecified atom stereocenters. The molecule has 1 atom stereocenters. The molecular weight excluding hydrogens is 288 g/mol. The zero-order chi connectivity index (χ0) is 14.2. The van der Waals surface area contributed by atoms with E-state index >= 15 is 0 Å². The fraction of sp³-hybridized carbons (Fsp3) is 0.500. The number of aliphatic hydroxyl groups is 1. The van der Waals surface area contributed by atoms with Crippen molar-refractivity contribution >= 4 is 32.1 Å². The lowest BCUT2D eigenvalue weighted by molar-refractivity contribution is 0.171. The molecule has 2 N–H and O–H groups in total. The minimum Gasteiger partial charge on any atom is -0.392 e. The molecule has 0 aliphatic rings. The highest BCUT2D eigenvalue weighted by Gasteiger charge is 2.30. The van der Waals surface area contributed by atoms with Crippen LogP contribution in [0.15, 0.2) is 16.6 Å². The van der Waals surface area contributed by atoms with Gasteiger partial charge in [0.25, 0.3) is 10.0 Å². The molecule has 0 bridgehead atoms. The molecule has 19 heavy (non-hydrogen) atoms. The highest BCUT2D eigenvalue weighted by molar-refractivity contribution is 7.89. The van der Waals surface area contributed by atoms with Gasteiger partial charge in [0.2, 0.25) is 0 Å². The number of aliphatic hydroxyl groups excluding tert-OH is 1. The summed E-state index contributed by atoms with van der Waals surface area (Å²) in [5, 5.41) is 14.0. The molecule has 0 spiro atoms. The highest BCUT2D eigenvalue weighted by Crippen LogP contribution is 2.27. The summed E-state index contributed by atoms with van der Waals surface area (Å²) in [5.74, 6) is 0.310. The summed E-state index contributed by atoms with van der Waals surface area (Å²) in [6, 6.07) is 0. The van der Waals surface area contributed by atoms with Crippen LogP contribution in [-0.2, 0) is 10.0 Å². The molecule has 106 valence electrons. The lowest BCUT2D eigenvalue weighted by Crippen LogP contribution is -2.34. The van der Waals surface area contributed by atoms with E-state index in [0.717, 1.165) is 4.31 Å². The fourth-order valence-corrected chi connectivity index (χ4v) is 4.06. The maximum Gasteiger partial charge on any atom is 0.262 e. The largest absolute Gasteiger partial charge is 0.392 e. The van der Waals surface area contributed by atoms with Crippen molar-refractivity contribution in [3.05, 3.63) is 11.6 Å². The first-order valence-corrected chi connectivity index (χ1v) is 7.97. The molecular formula is C10H16N4O3S2. The van der Waals surface area contributed by atoms with E-state index in [0.29, 0.717) is 10.8 Å². The van der Waals surface area contributed by atoms with Gasteiger partial charge in [0.1, 0.15) is 0 Å². The summed E-state index contributed by atoms with van der Waals surface area (Å²) < 4.78 is 27.7. The first-order valence-electron chi connectivity index (χ1n) is 5.65. The first kappa shape index (κ1) is 14.3. The van der Waals surface area contributed by atoms with Crippen molar-refractivity contribution in [3.63, 3.8) is 0 Å². The Kier molecular flexibility index (Phi) is 3.81. The fourth-order valence-electron chi connectivity index (χ4n) is 1.79. The minimum absolute atomic E-state index is 0.0306. The van der Waals surface area contributed by atoms with Crippen molar-refractivity contribution in [1.29, 1.82) is 0 Å². The molecule has 0 radical (unpaired) electrons. The van der Waals surface area contributed by atoms with Gasteiger partial charge in [-0.15, -0.1) is 11.3 Å². The van der Waals surface area contributed by atoms with Crippen LogP contribution in [0, 0.1) is 0 Å². The number of thiazole rings is 1. The highest BCUT2D eigenvalue weighted by atomic mass is 32.2. The van der Waals surface area contributed by atoms with Crippen molar-refractivity contribution < 1.29 is 13.5 Å². The SMILES string of the molecule is CNc1nc2sccn2c1S(=O)(=O)N(C)CC(C)O. The second kappa shape index (κ2) is 5.08. The number of fused-ring (bicyclic) bond motifs is 1. The van der Waals surface area contributed by atoms with Gasteiger partial charge in [0.15, 0.2) is 15.8 Å². The molecule has 0 saturated heterocycles. The molecule has 2 aromatic rings. The topological polar surface area (TPSA) is 86.9 Å². The van der Waals surface area contributed by atoms with Crippen molar-refractivity contribution in [2.24, 2.45) is 0 Å². The maximum atomic E-state index is 12.5. The molecule has 0 aliphatic heterocycles. The number of hydrogen-bond donors (Lipinski definition) is 2. The van der Waals surface area contributed by atoms with Crippen molar-refractivity contribution in [3.8, 4) is 0 Å². The minimum atomic E-state index is -3.71. The van der Waals surface area contributed by atoms with Gasteiger partial charge in [-0.3, -0.25) is 4.40 Å². The van der Waals surface area contributed by atoms with E-state index in [2.05, 4.69) is 10.3 Å². The molecule has 0 amide bonds. The van der Waals surface area contributed by atoms with Gasteiger partial charge in [0, 0.05) is 32.2 Å². The average molecular weight is 304 g/mol. The maximum absolute atomic E-state index is 12.5. The lowest BCUT2D eigenvalue weighted by atomic mass is 10.4. The second-order valence-electron chi connectivity index (χ2n) is 4.21. The molecule has 0 aliphatic carbocycles. The van der Waals surface area contributed by atoms with Crippen LogP contribution in [0.3, 0.4) is 0 Å². The van der Waals surface area contributed by atoms with Crippen LogP contribution in [0.1, 0.15) is 6.92 Å². The smallest absolute Gasteiger partial charge is 0.262 e. The third-order valence-corrected chi connectivity index (χ3v) is 5.24. The molecule has 2 aromatic heterocycles. The number of imidazole rings is 1. The number of aromatic nitrogens is 2. The number of nitrogens with zero attached hydrogens (tertiary/aromatic N) is 3. The molecule has 9 heteroatoms. The predicted octanol–water partition coefficient (Wildman–Crippen LogP) is 0.439. The van der Waals surface area contributed by atoms with Crippen LogP contribution >= 0.6 is 11.3 Å². The quantitative estimate of drug-likeness (QED) is 0.837. The van der Waals surface area contributed by atoms with Gasteiger partial charge in [-0.25, -0.2) is 13.4 Å². The Morgan fingerprint density at radius 3 is 2.89 bits per heavy atom. The van der Waals surface area contributed by atoms with Gasteiger partial charge in [-0.05, 0) is 6.92 Å². The second-order valence-corrected chi connectivity index (χ2v) is 7.04. The number of sulfonamides is 1. The van der Waals surface area contributed by atoms with Crippen molar-refractivity contribution in [2.45, 2.75) is 18.1 Å². The number of anilines is 1. The first-order chi connectivity index (χ1) is 8.87. The van der Waals surface area contributed by atoms with E-state index in [9.17, 15) is 13.5 Å². The van der Waals surface area contributed by atoms with Crippen LogP contribution in [0.4, 0.5) is 5.82 Å². The Morgan fingerprint density at radius 1 is 1.63 bits per heavy atom. The zero-order valence-electron chi connectivity index (χ0n) is 10.9. The van der Waals surface area contributed by atoms with E-state index in [1.165, 1.54) is 22.8 Å². The Bertz CT molecular complexity index is 674. The molecule has 7 nitrogen and oxygen atoms in total. The van der Waals surface area contributed by atoms with E-state index in [-0.39, 0.29) is 11.6 Å². The Morgan fingerprint density at radius 2 is 2.32 bits per heavy atom. The van der Waals surface area contributed by atoms with Crippen LogP contribution in [0.2, 0.25) is 0 Å². The summed E-state index contributed by atoms with van der Waals surface area (Å²) >= 11 is 1.36. The zero-order valence-corrected chi connectivity index (χ0v) is 12.5. The molecule has 2 rings (SSSR count). The Hall–Kier alpha value is -1.16. The third kappa shape index (κ3) is 2.46. The molecule has 2 heterocycles. The predicted molar refractivity (Wildman–Crippen MR) is 74.1 cm³/mol. The summed E-state index contributed by atoms with van der Waals surface area (Å²) in [6.45, 7) is 1.57. The van der Waals surface area contributed by atoms with Crippen LogP contribution in [0.5, 0.6) is 0 Å². The van der Waals surface area contributed by atoms with E-state index in [4.69, 9.17) is 0 Å². The van der Waals surface area contributed by atoms with Gasteiger partial charge < -0.3 is 10.4 Å². The Labute approximate surface area is 115 Å². The van der Waals surface area contributed by atoms with Gasteiger partial charge >= 0.3 is 0 Å². The van der Waals surface area contributed by atoms with Gasteiger partial charge in [0.05, 0.1) is 6.10 Å². The summed E-state index contributed by atoms with van der Waals surface area (Å²) in [4.78, 5) is 4.83. The number of hydrogen-bond acceptors (Lipinski definition) is 6. The van der Waals surface area contributed by atoms with Crippen molar-refractivity contribution in [1.82, 2.24) is 13.7 Å². The van der Waals surface area contributed by atoms with E-state index in [1.54, 1.807) is 25.5 Å². The molecule has 0 aromatic carbocycles. The van der Waals surface area contributed by atoms with Gasteiger partial charge in [-0.1, -0.05) is 0 Å². The standard InChI is InChI=1S/C10H16N4O3S2/c1-7(15)6-13(3)19(16,17)9-8(11-2)12-10-14(9)4-5-18-10/h4-5,7,11,15H,6H2,1-3H3. The van der Waals surface area contributed by atoms with Crippen LogP contribution in [0.25, 0.3) is 4.96 Å². The normalized spacial score (nSPS) is 14.2.